The van der Waals surface area contributed by atoms with Crippen molar-refractivity contribution >= 4 is 0 Å². The average Bonchev–Trinajstić information content (AvgIpc) is 3.31. The van der Waals surface area contributed by atoms with Crippen LogP contribution in [0.1, 0.15) is 159 Å². The zero-order chi connectivity index (χ0) is 26.2. The van der Waals surface area contributed by atoms with Crippen molar-refractivity contribution in [3.05, 3.63) is 53.6 Å². The van der Waals surface area contributed by atoms with Crippen LogP contribution < -0.4 is 0 Å². The molecule has 2 aromatic rings. The van der Waals surface area contributed by atoms with Crippen LogP contribution in [-0.2, 0) is 25.8 Å². The van der Waals surface area contributed by atoms with Gasteiger partial charge in [-0.3, -0.25) is 0 Å². The molecule has 0 amide bonds. The number of hydrogen-bond acceptors (Lipinski definition) is 1. The van der Waals surface area contributed by atoms with Crippen molar-refractivity contribution in [1.29, 1.82) is 0 Å². The fourth-order valence-electron chi connectivity index (χ4n) is 5.51. The summed E-state index contributed by atoms with van der Waals surface area (Å²) < 4.78 is 2.50. The average molecular weight is 509 g/mol. The zero-order valence-corrected chi connectivity index (χ0v) is 24.8. The van der Waals surface area contributed by atoms with E-state index in [0.717, 1.165) is 25.8 Å². The van der Waals surface area contributed by atoms with E-state index in [1.165, 1.54) is 145 Å². The fourth-order valence-corrected chi connectivity index (χ4v) is 5.51. The molecule has 0 unspecified atom stereocenters. The Bertz CT molecular complexity index is 748. The van der Waals surface area contributed by atoms with Gasteiger partial charge in [0.2, 0.25) is 0 Å². The van der Waals surface area contributed by atoms with Gasteiger partial charge in [0, 0.05) is 19.2 Å². The van der Waals surface area contributed by atoms with Crippen LogP contribution in [0.25, 0.3) is 0 Å². The Balaban J connectivity index is 1.57. The molecular formula is C35H60N2. The lowest BCUT2D eigenvalue weighted by Gasteiger charge is -2.08. The van der Waals surface area contributed by atoms with Gasteiger partial charge < -0.3 is 4.57 Å². The first-order chi connectivity index (χ1) is 18.3. The maximum absolute atomic E-state index is 5.11. The van der Waals surface area contributed by atoms with Crippen molar-refractivity contribution in [2.45, 2.75) is 168 Å². The predicted molar refractivity (Wildman–Crippen MR) is 163 cm³/mol. The standard InChI is InChI=1S/C35H60N2/c1-3-5-7-9-10-11-12-13-14-15-16-17-18-19-23-30-35-36-34(32-37(35)31-24-8-6-4-2)29-25-28-33-26-21-20-22-27-33/h20-22,26-27,32H,3-19,23-25,28-31H2,1-2H3. The zero-order valence-electron chi connectivity index (χ0n) is 24.8. The van der Waals surface area contributed by atoms with Gasteiger partial charge in [0.1, 0.15) is 5.82 Å². The number of imidazole rings is 1. The molecule has 0 fully saturated rings. The van der Waals surface area contributed by atoms with E-state index in [1.54, 1.807) is 0 Å². The van der Waals surface area contributed by atoms with Gasteiger partial charge in [0.25, 0.3) is 0 Å². The molecule has 0 saturated heterocycles. The highest BCUT2D eigenvalue weighted by molar-refractivity contribution is 5.15. The second kappa shape index (κ2) is 22.4. The van der Waals surface area contributed by atoms with Crippen molar-refractivity contribution in [2.24, 2.45) is 0 Å². The van der Waals surface area contributed by atoms with E-state index in [9.17, 15) is 0 Å². The molecule has 37 heavy (non-hydrogen) atoms. The first kappa shape index (κ1) is 31.6. The van der Waals surface area contributed by atoms with Crippen LogP contribution in [0, 0.1) is 0 Å². The van der Waals surface area contributed by atoms with Gasteiger partial charge in [-0.1, -0.05) is 153 Å². The quantitative estimate of drug-likeness (QED) is 0.122. The summed E-state index contributed by atoms with van der Waals surface area (Å²) in [6, 6.07) is 10.9. The van der Waals surface area contributed by atoms with Gasteiger partial charge in [-0.05, 0) is 37.7 Å². The van der Waals surface area contributed by atoms with Crippen LogP contribution >= 0.6 is 0 Å². The van der Waals surface area contributed by atoms with Gasteiger partial charge in [-0.2, -0.15) is 0 Å². The van der Waals surface area contributed by atoms with E-state index < -0.39 is 0 Å². The number of rotatable bonds is 25. The molecular weight excluding hydrogens is 448 g/mol. The molecule has 0 saturated carbocycles. The molecule has 2 heteroatoms. The summed E-state index contributed by atoms with van der Waals surface area (Å²) in [5.74, 6) is 1.35. The predicted octanol–water partition coefficient (Wildman–Crippen LogP) is 11.1. The normalized spacial score (nSPS) is 11.4. The number of benzene rings is 1. The van der Waals surface area contributed by atoms with Crippen LogP contribution in [0.3, 0.4) is 0 Å². The van der Waals surface area contributed by atoms with Crippen molar-refractivity contribution < 1.29 is 0 Å². The van der Waals surface area contributed by atoms with E-state index in [1.807, 2.05) is 0 Å². The SMILES string of the molecule is CCCCCCCCCCCCCCCCCc1nc(CCCc2ccccc2)cn1CCCCCC. The van der Waals surface area contributed by atoms with Crippen LogP contribution in [-0.4, -0.2) is 9.55 Å². The van der Waals surface area contributed by atoms with E-state index >= 15 is 0 Å². The summed E-state index contributed by atoms with van der Waals surface area (Å²) >= 11 is 0. The van der Waals surface area contributed by atoms with Crippen LogP contribution in [0.15, 0.2) is 36.5 Å². The van der Waals surface area contributed by atoms with Crippen LogP contribution in [0.4, 0.5) is 0 Å². The molecule has 2 nitrogen and oxygen atoms in total. The Kier molecular flexibility index (Phi) is 19.2. The number of nitrogens with zero attached hydrogens (tertiary/aromatic N) is 2. The lowest BCUT2D eigenvalue weighted by molar-refractivity contribution is 0.526. The van der Waals surface area contributed by atoms with Crippen molar-refractivity contribution in [3.8, 4) is 0 Å². The summed E-state index contributed by atoms with van der Waals surface area (Å²) in [6.07, 6.45) is 33.7. The minimum atomic E-state index is 1.10. The summed E-state index contributed by atoms with van der Waals surface area (Å²) in [5.41, 5.74) is 2.75. The molecule has 2 rings (SSSR count). The molecule has 0 aliphatic rings. The molecule has 210 valence electrons. The Hall–Kier alpha value is -1.57. The highest BCUT2D eigenvalue weighted by Gasteiger charge is 2.08. The maximum atomic E-state index is 5.11. The van der Waals surface area contributed by atoms with Gasteiger partial charge in [0.15, 0.2) is 0 Å². The Morgan fingerprint density at radius 2 is 1.03 bits per heavy atom. The van der Waals surface area contributed by atoms with E-state index in [4.69, 9.17) is 4.98 Å². The molecule has 1 aromatic carbocycles. The van der Waals surface area contributed by atoms with Gasteiger partial charge in [-0.25, -0.2) is 4.98 Å². The van der Waals surface area contributed by atoms with E-state index in [-0.39, 0.29) is 0 Å². The Morgan fingerprint density at radius 1 is 0.514 bits per heavy atom. The topological polar surface area (TPSA) is 17.8 Å². The summed E-state index contributed by atoms with van der Waals surface area (Å²) in [5, 5.41) is 0. The molecule has 1 heterocycles. The van der Waals surface area contributed by atoms with Crippen LogP contribution in [0.2, 0.25) is 0 Å². The molecule has 0 N–H and O–H groups in total. The molecule has 0 atom stereocenters. The first-order valence-corrected chi connectivity index (χ1v) is 16.4. The third kappa shape index (κ3) is 16.1. The molecule has 0 bridgehead atoms. The lowest BCUT2D eigenvalue weighted by atomic mass is 10.0. The number of hydrogen-bond donors (Lipinski definition) is 0. The highest BCUT2D eigenvalue weighted by Crippen LogP contribution is 2.16. The highest BCUT2D eigenvalue weighted by atomic mass is 15.1. The van der Waals surface area contributed by atoms with Crippen LogP contribution in [0.5, 0.6) is 0 Å². The smallest absolute Gasteiger partial charge is 0.108 e. The van der Waals surface area contributed by atoms with Gasteiger partial charge in [-0.15, -0.1) is 0 Å². The molecule has 0 spiro atoms. The maximum Gasteiger partial charge on any atom is 0.108 e. The van der Waals surface area contributed by atoms with Crippen molar-refractivity contribution in [2.75, 3.05) is 0 Å². The molecule has 0 radical (unpaired) electrons. The fraction of sp³-hybridized carbons (Fsp3) is 0.743. The second-order valence-electron chi connectivity index (χ2n) is 11.4. The summed E-state index contributed by atoms with van der Waals surface area (Å²) in [6.45, 7) is 5.75. The largest absolute Gasteiger partial charge is 0.335 e. The molecule has 0 aliphatic heterocycles. The molecule has 1 aromatic heterocycles. The van der Waals surface area contributed by atoms with Crippen molar-refractivity contribution in [3.63, 3.8) is 0 Å². The second-order valence-corrected chi connectivity index (χ2v) is 11.4. The summed E-state index contributed by atoms with van der Waals surface area (Å²) in [4.78, 5) is 5.11. The first-order valence-electron chi connectivity index (χ1n) is 16.4. The lowest BCUT2D eigenvalue weighted by Crippen LogP contribution is -2.03. The number of aromatic nitrogens is 2. The summed E-state index contributed by atoms with van der Waals surface area (Å²) in [7, 11) is 0. The third-order valence-corrected chi connectivity index (χ3v) is 7.91. The number of unbranched alkanes of at least 4 members (excludes halogenated alkanes) is 17. The Labute approximate surface area is 231 Å². The minimum Gasteiger partial charge on any atom is -0.335 e. The molecule has 0 aliphatic carbocycles. The third-order valence-electron chi connectivity index (χ3n) is 7.91. The Morgan fingerprint density at radius 3 is 1.59 bits per heavy atom. The van der Waals surface area contributed by atoms with Gasteiger partial charge in [0.05, 0.1) is 5.69 Å². The monoisotopic (exact) mass is 508 g/mol. The van der Waals surface area contributed by atoms with Crippen molar-refractivity contribution in [1.82, 2.24) is 9.55 Å². The van der Waals surface area contributed by atoms with E-state index in [2.05, 4.69) is 54.9 Å². The van der Waals surface area contributed by atoms with Gasteiger partial charge >= 0.3 is 0 Å². The number of aryl methyl sites for hydroxylation is 4. The minimum absolute atomic E-state index is 1.10. The van der Waals surface area contributed by atoms with E-state index in [0.29, 0.717) is 0 Å².